The molecule has 0 atom stereocenters. The van der Waals surface area contributed by atoms with Crippen LogP contribution in [0.15, 0.2) is 12.1 Å². The molecule has 2 nitrogen and oxygen atoms in total. The Kier molecular flexibility index (Phi) is 2.94. The van der Waals surface area contributed by atoms with Gasteiger partial charge >= 0.3 is 0 Å². The highest BCUT2D eigenvalue weighted by atomic mass is 35.5. The fourth-order valence-electron chi connectivity index (χ4n) is 1.11. The maximum Gasteiger partial charge on any atom is 0.256 e. The van der Waals surface area contributed by atoms with E-state index in [0.29, 0.717) is 11.3 Å². The third-order valence-electron chi connectivity index (χ3n) is 2.03. The van der Waals surface area contributed by atoms with E-state index in [9.17, 15) is 4.79 Å². The fraction of sp³-hybridized carbons (Fsp3) is 0.300. The van der Waals surface area contributed by atoms with Gasteiger partial charge in [-0.05, 0) is 48.7 Å². The molecule has 0 saturated carbocycles. The number of carbonyl (C=O) groups is 1. The zero-order valence-electron chi connectivity index (χ0n) is 7.85. The fourth-order valence-corrected chi connectivity index (χ4v) is 1.26. The summed E-state index contributed by atoms with van der Waals surface area (Å²) in [7, 11) is 1.52. The molecule has 1 aromatic carbocycles. The third kappa shape index (κ3) is 2.01. The Balaban J connectivity index is 3.33. The molecule has 0 fully saturated rings. The van der Waals surface area contributed by atoms with E-state index in [0.717, 1.165) is 11.1 Å². The Morgan fingerprint density at radius 3 is 2.31 bits per heavy atom. The van der Waals surface area contributed by atoms with Gasteiger partial charge in [0.2, 0.25) is 0 Å². The van der Waals surface area contributed by atoms with Gasteiger partial charge in [0.25, 0.3) is 5.24 Å². The Hall–Kier alpha value is -1.02. The lowest BCUT2D eigenvalue weighted by Crippen LogP contribution is -1.97. The highest BCUT2D eigenvalue weighted by Crippen LogP contribution is 2.24. The second-order valence-corrected chi connectivity index (χ2v) is 3.25. The molecule has 0 bridgehead atoms. The summed E-state index contributed by atoms with van der Waals surface area (Å²) >= 11 is 5.39. The molecule has 0 radical (unpaired) electrons. The first-order valence-corrected chi connectivity index (χ1v) is 4.29. The minimum absolute atomic E-state index is 0.423. The van der Waals surface area contributed by atoms with Crippen molar-refractivity contribution < 1.29 is 9.53 Å². The molecule has 1 aromatic rings. The molecule has 0 aliphatic carbocycles. The van der Waals surface area contributed by atoms with Crippen LogP contribution < -0.4 is 4.74 Å². The molecule has 1 rings (SSSR count). The van der Waals surface area contributed by atoms with Gasteiger partial charge in [-0.1, -0.05) is 0 Å². The van der Waals surface area contributed by atoms with E-state index in [2.05, 4.69) is 0 Å². The van der Waals surface area contributed by atoms with Gasteiger partial charge in [-0.2, -0.15) is 0 Å². The van der Waals surface area contributed by atoms with Crippen molar-refractivity contribution in [3.05, 3.63) is 28.8 Å². The van der Waals surface area contributed by atoms with Crippen molar-refractivity contribution in [2.24, 2.45) is 0 Å². The lowest BCUT2D eigenvalue weighted by atomic mass is 10.1. The molecule has 0 heterocycles. The molecule has 0 unspecified atom stereocenters. The van der Waals surface area contributed by atoms with Crippen LogP contribution in [0.3, 0.4) is 0 Å². The molecule has 0 amide bonds. The molecule has 3 heteroatoms. The summed E-state index contributed by atoms with van der Waals surface area (Å²) in [6.45, 7) is 3.89. The van der Waals surface area contributed by atoms with Crippen LogP contribution in [-0.4, -0.2) is 12.4 Å². The summed E-state index contributed by atoms with van der Waals surface area (Å²) < 4.78 is 5.04. The molecule has 0 aliphatic rings. The number of aryl methyl sites for hydroxylation is 2. The average Bonchev–Trinajstić information content (AvgIpc) is 2.08. The lowest BCUT2D eigenvalue weighted by molar-refractivity contribution is 0.107. The predicted octanol–water partition coefficient (Wildman–Crippen LogP) is 2.69. The molecular weight excluding hydrogens is 188 g/mol. The van der Waals surface area contributed by atoms with Gasteiger partial charge in [-0.3, -0.25) is 4.79 Å². The summed E-state index contributed by atoms with van der Waals surface area (Å²) in [5, 5.41) is -0.486. The Morgan fingerprint density at radius 1 is 1.31 bits per heavy atom. The first kappa shape index (κ1) is 10.1. The van der Waals surface area contributed by atoms with Crippen LogP contribution in [0.4, 0.5) is 0 Å². The van der Waals surface area contributed by atoms with Crippen molar-refractivity contribution in [3.8, 4) is 5.75 Å². The normalized spacial score (nSPS) is 9.85. The second kappa shape index (κ2) is 3.79. The van der Waals surface area contributed by atoms with Crippen LogP contribution in [0, 0.1) is 13.8 Å². The minimum Gasteiger partial charge on any atom is -0.496 e. The molecule has 0 aromatic heterocycles. The highest BCUT2D eigenvalue weighted by molar-refractivity contribution is 6.68. The van der Waals surface area contributed by atoms with Gasteiger partial charge in [0.05, 0.1) is 12.7 Å². The number of carbonyl (C=O) groups excluding carboxylic acids is 1. The molecule has 70 valence electrons. The predicted molar refractivity (Wildman–Crippen MR) is 52.7 cm³/mol. The third-order valence-corrected chi connectivity index (χ3v) is 2.23. The standard InChI is InChI=1S/C10H11ClO2/c1-6-4-8(10(11)12)9(13-3)5-7(6)2/h4-5H,1-3H3. The maximum absolute atomic E-state index is 11.0. The molecule has 0 N–H and O–H groups in total. The monoisotopic (exact) mass is 198 g/mol. The molecule has 0 aliphatic heterocycles. The van der Waals surface area contributed by atoms with Crippen LogP contribution in [0.5, 0.6) is 5.75 Å². The van der Waals surface area contributed by atoms with Gasteiger partial charge in [-0.25, -0.2) is 0 Å². The number of hydrogen-bond acceptors (Lipinski definition) is 2. The van der Waals surface area contributed by atoms with E-state index < -0.39 is 5.24 Å². The van der Waals surface area contributed by atoms with Gasteiger partial charge < -0.3 is 4.74 Å². The number of benzene rings is 1. The molecule has 0 spiro atoms. The van der Waals surface area contributed by atoms with Crippen molar-refractivity contribution >= 4 is 16.8 Å². The number of rotatable bonds is 2. The van der Waals surface area contributed by atoms with E-state index in [1.165, 1.54) is 7.11 Å². The zero-order valence-corrected chi connectivity index (χ0v) is 8.61. The van der Waals surface area contributed by atoms with E-state index in [-0.39, 0.29) is 0 Å². The summed E-state index contributed by atoms with van der Waals surface area (Å²) in [6, 6.07) is 3.55. The molecular formula is C10H11ClO2. The van der Waals surface area contributed by atoms with Gasteiger partial charge in [0, 0.05) is 0 Å². The van der Waals surface area contributed by atoms with E-state index in [1.807, 2.05) is 19.9 Å². The zero-order chi connectivity index (χ0) is 10.0. The van der Waals surface area contributed by atoms with Gasteiger partial charge in [-0.15, -0.1) is 0 Å². The Bertz CT molecular complexity index is 345. The first-order chi connectivity index (χ1) is 6.06. The van der Waals surface area contributed by atoms with Crippen molar-refractivity contribution in [1.82, 2.24) is 0 Å². The highest BCUT2D eigenvalue weighted by Gasteiger charge is 2.10. The number of halogens is 1. The summed E-state index contributed by atoms with van der Waals surface area (Å²) in [5.41, 5.74) is 2.54. The van der Waals surface area contributed by atoms with Crippen LogP contribution in [0.25, 0.3) is 0 Å². The quantitative estimate of drug-likeness (QED) is 0.683. The molecule has 0 saturated heterocycles. The van der Waals surface area contributed by atoms with Gasteiger partial charge in [0.15, 0.2) is 0 Å². The topological polar surface area (TPSA) is 26.3 Å². The van der Waals surface area contributed by atoms with Crippen LogP contribution in [0.1, 0.15) is 21.5 Å². The van der Waals surface area contributed by atoms with E-state index in [4.69, 9.17) is 16.3 Å². The van der Waals surface area contributed by atoms with Crippen molar-refractivity contribution in [3.63, 3.8) is 0 Å². The minimum atomic E-state index is -0.486. The van der Waals surface area contributed by atoms with Gasteiger partial charge in [0.1, 0.15) is 5.75 Å². The van der Waals surface area contributed by atoms with Crippen molar-refractivity contribution in [2.45, 2.75) is 13.8 Å². The number of methoxy groups -OCH3 is 1. The summed E-state index contributed by atoms with van der Waals surface area (Å²) in [4.78, 5) is 11.0. The summed E-state index contributed by atoms with van der Waals surface area (Å²) in [6.07, 6.45) is 0. The molecule has 13 heavy (non-hydrogen) atoms. The van der Waals surface area contributed by atoms with Crippen LogP contribution >= 0.6 is 11.6 Å². The smallest absolute Gasteiger partial charge is 0.256 e. The number of ether oxygens (including phenoxy) is 1. The average molecular weight is 199 g/mol. The SMILES string of the molecule is COc1cc(C)c(C)cc1C(=O)Cl. The Labute approximate surface area is 82.5 Å². The second-order valence-electron chi connectivity index (χ2n) is 2.91. The largest absolute Gasteiger partial charge is 0.496 e. The van der Waals surface area contributed by atoms with E-state index >= 15 is 0 Å². The lowest BCUT2D eigenvalue weighted by Gasteiger charge is -2.08. The summed E-state index contributed by atoms with van der Waals surface area (Å²) in [5.74, 6) is 0.531. The van der Waals surface area contributed by atoms with E-state index in [1.54, 1.807) is 6.07 Å². The van der Waals surface area contributed by atoms with Crippen LogP contribution in [0.2, 0.25) is 0 Å². The first-order valence-electron chi connectivity index (χ1n) is 3.91. The van der Waals surface area contributed by atoms with Crippen LogP contribution in [-0.2, 0) is 0 Å². The maximum atomic E-state index is 11.0. The van der Waals surface area contributed by atoms with Crippen molar-refractivity contribution in [2.75, 3.05) is 7.11 Å². The Morgan fingerprint density at radius 2 is 1.85 bits per heavy atom. The van der Waals surface area contributed by atoms with Crippen molar-refractivity contribution in [1.29, 1.82) is 0 Å². The number of hydrogen-bond donors (Lipinski definition) is 0.